The minimum absolute atomic E-state index is 0.361. The van der Waals surface area contributed by atoms with Crippen LogP contribution in [0.15, 0.2) is 39.0 Å². The fraction of sp³-hybridized carbons (Fsp3) is 0.273. The molecule has 5 heteroatoms. The molecule has 0 saturated carbocycles. The predicted octanol–water partition coefficient (Wildman–Crippen LogP) is 3.13. The molecule has 0 fully saturated rings. The first-order valence-electron chi connectivity index (χ1n) is 5.01. The normalized spacial score (nSPS) is 12.6. The average Bonchev–Trinajstić information content (AvgIpc) is 2.82. The smallest absolute Gasteiger partial charge is 0.178 e. The summed E-state index contributed by atoms with van der Waals surface area (Å²) in [4.78, 5) is 1.11. The molecule has 0 aliphatic carbocycles. The third kappa shape index (κ3) is 2.81. The van der Waals surface area contributed by atoms with Gasteiger partial charge in [-0.25, -0.2) is 0 Å². The van der Waals surface area contributed by atoms with E-state index in [0.29, 0.717) is 0 Å². The molecule has 1 N–H and O–H groups in total. The molecule has 0 amide bonds. The molecule has 1 aromatic heterocycles. The molecule has 1 atom stereocenters. The van der Waals surface area contributed by atoms with Crippen molar-refractivity contribution >= 4 is 23.1 Å². The van der Waals surface area contributed by atoms with E-state index < -0.39 is 0 Å². The second-order valence-electron chi connectivity index (χ2n) is 3.30. The second kappa shape index (κ2) is 5.43. The van der Waals surface area contributed by atoms with Crippen LogP contribution in [0.5, 0.6) is 0 Å². The van der Waals surface area contributed by atoms with E-state index in [2.05, 4.69) is 10.2 Å². The van der Waals surface area contributed by atoms with Gasteiger partial charge < -0.3 is 5.11 Å². The van der Waals surface area contributed by atoms with Crippen molar-refractivity contribution in [3.05, 3.63) is 35.3 Å². The Kier molecular flexibility index (Phi) is 3.93. The SMILES string of the molecule is CC[C@@H](O)c1ccc(Sc2nncs2)cc1. The Bertz CT molecular complexity index is 428. The predicted molar refractivity (Wildman–Crippen MR) is 65.7 cm³/mol. The largest absolute Gasteiger partial charge is 0.388 e. The van der Waals surface area contributed by atoms with Crippen molar-refractivity contribution < 1.29 is 5.11 Å². The molecule has 0 bridgehead atoms. The van der Waals surface area contributed by atoms with Crippen LogP contribution in [0.1, 0.15) is 25.0 Å². The number of hydrogen-bond donors (Lipinski definition) is 1. The van der Waals surface area contributed by atoms with Crippen LogP contribution >= 0.6 is 23.1 Å². The lowest BCUT2D eigenvalue weighted by Crippen LogP contribution is -1.93. The van der Waals surface area contributed by atoms with E-state index in [-0.39, 0.29) is 6.10 Å². The summed E-state index contributed by atoms with van der Waals surface area (Å²) in [7, 11) is 0. The molecule has 0 saturated heterocycles. The Morgan fingerprint density at radius 3 is 2.69 bits per heavy atom. The van der Waals surface area contributed by atoms with Gasteiger partial charge in [0.15, 0.2) is 4.34 Å². The Morgan fingerprint density at radius 2 is 2.12 bits per heavy atom. The summed E-state index contributed by atoms with van der Waals surface area (Å²) < 4.78 is 0.934. The lowest BCUT2D eigenvalue weighted by atomic mass is 10.1. The summed E-state index contributed by atoms with van der Waals surface area (Å²) in [6.07, 6.45) is 0.378. The van der Waals surface area contributed by atoms with Crippen molar-refractivity contribution in [1.82, 2.24) is 10.2 Å². The second-order valence-corrected chi connectivity index (χ2v) is 5.45. The fourth-order valence-electron chi connectivity index (χ4n) is 1.30. The maximum Gasteiger partial charge on any atom is 0.178 e. The summed E-state index contributed by atoms with van der Waals surface area (Å²) in [5.41, 5.74) is 2.68. The third-order valence-electron chi connectivity index (χ3n) is 2.20. The standard InChI is InChI=1S/C11H12N2OS2/c1-2-10(14)8-3-5-9(6-4-8)16-11-13-12-7-15-11/h3-7,10,14H,2H2,1H3/t10-/m1/s1. The van der Waals surface area contributed by atoms with Crippen molar-refractivity contribution in [2.75, 3.05) is 0 Å². The molecule has 3 nitrogen and oxygen atoms in total. The van der Waals surface area contributed by atoms with E-state index in [1.165, 1.54) is 11.3 Å². The molecule has 2 aromatic rings. The molecule has 16 heavy (non-hydrogen) atoms. The highest BCUT2D eigenvalue weighted by Crippen LogP contribution is 2.29. The monoisotopic (exact) mass is 252 g/mol. The van der Waals surface area contributed by atoms with E-state index >= 15 is 0 Å². The highest BCUT2D eigenvalue weighted by atomic mass is 32.2. The lowest BCUT2D eigenvalue weighted by Gasteiger charge is -2.07. The van der Waals surface area contributed by atoms with Crippen LogP contribution in [-0.2, 0) is 0 Å². The first-order chi connectivity index (χ1) is 7.79. The van der Waals surface area contributed by atoms with Crippen LogP contribution in [0.3, 0.4) is 0 Å². The Labute approximate surface area is 103 Å². The van der Waals surface area contributed by atoms with Gasteiger partial charge in [-0.15, -0.1) is 10.2 Å². The van der Waals surface area contributed by atoms with Gasteiger partial charge in [-0.05, 0) is 24.1 Å². The molecule has 1 heterocycles. The Hall–Kier alpha value is -0.910. The molecule has 0 aliphatic rings. The first kappa shape index (κ1) is 11.6. The van der Waals surface area contributed by atoms with E-state index in [1.54, 1.807) is 17.3 Å². The van der Waals surface area contributed by atoms with Gasteiger partial charge in [0.25, 0.3) is 0 Å². The molecule has 2 rings (SSSR count). The molecular formula is C11H12N2OS2. The van der Waals surface area contributed by atoms with Gasteiger partial charge in [0.1, 0.15) is 5.51 Å². The maximum atomic E-state index is 9.65. The van der Waals surface area contributed by atoms with Crippen LogP contribution < -0.4 is 0 Å². The summed E-state index contributed by atoms with van der Waals surface area (Å²) >= 11 is 3.11. The fourth-order valence-corrected chi connectivity index (χ4v) is 2.75. The van der Waals surface area contributed by atoms with Crippen molar-refractivity contribution in [2.24, 2.45) is 0 Å². The zero-order chi connectivity index (χ0) is 11.4. The van der Waals surface area contributed by atoms with Crippen molar-refractivity contribution in [3.8, 4) is 0 Å². The van der Waals surface area contributed by atoms with E-state index in [0.717, 1.165) is 21.2 Å². The van der Waals surface area contributed by atoms with Crippen LogP contribution in [-0.4, -0.2) is 15.3 Å². The Morgan fingerprint density at radius 1 is 1.38 bits per heavy atom. The average molecular weight is 252 g/mol. The lowest BCUT2D eigenvalue weighted by molar-refractivity contribution is 0.173. The molecule has 84 valence electrons. The summed E-state index contributed by atoms with van der Waals surface area (Å²) in [5, 5.41) is 17.4. The Balaban J connectivity index is 2.07. The number of benzene rings is 1. The molecule has 0 radical (unpaired) electrons. The first-order valence-corrected chi connectivity index (χ1v) is 6.71. The van der Waals surface area contributed by atoms with Gasteiger partial charge in [0.2, 0.25) is 0 Å². The topological polar surface area (TPSA) is 46.0 Å². The van der Waals surface area contributed by atoms with Crippen LogP contribution in [0, 0.1) is 0 Å². The highest BCUT2D eigenvalue weighted by Gasteiger charge is 2.05. The van der Waals surface area contributed by atoms with Crippen molar-refractivity contribution in [2.45, 2.75) is 28.7 Å². The van der Waals surface area contributed by atoms with Gasteiger partial charge in [0.05, 0.1) is 6.10 Å². The maximum absolute atomic E-state index is 9.65. The summed E-state index contributed by atoms with van der Waals surface area (Å²) in [6.45, 7) is 1.97. The minimum Gasteiger partial charge on any atom is -0.388 e. The van der Waals surface area contributed by atoms with Gasteiger partial charge in [-0.3, -0.25) is 0 Å². The molecular weight excluding hydrogens is 240 g/mol. The van der Waals surface area contributed by atoms with Gasteiger partial charge >= 0.3 is 0 Å². The number of aromatic nitrogens is 2. The number of rotatable bonds is 4. The molecule has 0 unspecified atom stereocenters. The quantitative estimate of drug-likeness (QED) is 0.908. The van der Waals surface area contributed by atoms with Gasteiger partial charge in [-0.2, -0.15) is 0 Å². The van der Waals surface area contributed by atoms with E-state index in [9.17, 15) is 5.11 Å². The van der Waals surface area contributed by atoms with Crippen LogP contribution in [0.2, 0.25) is 0 Å². The zero-order valence-corrected chi connectivity index (χ0v) is 10.5. The highest BCUT2D eigenvalue weighted by molar-refractivity contribution is 8.01. The molecule has 1 aromatic carbocycles. The van der Waals surface area contributed by atoms with Crippen molar-refractivity contribution in [1.29, 1.82) is 0 Å². The minimum atomic E-state index is -0.361. The van der Waals surface area contributed by atoms with E-state index in [1.807, 2.05) is 31.2 Å². The van der Waals surface area contributed by atoms with E-state index in [4.69, 9.17) is 0 Å². The number of aliphatic hydroxyl groups is 1. The summed E-state index contributed by atoms with van der Waals surface area (Å²) in [6, 6.07) is 7.91. The van der Waals surface area contributed by atoms with Gasteiger partial charge in [-0.1, -0.05) is 42.2 Å². The van der Waals surface area contributed by atoms with Crippen LogP contribution in [0.4, 0.5) is 0 Å². The van der Waals surface area contributed by atoms with Crippen molar-refractivity contribution in [3.63, 3.8) is 0 Å². The number of aliphatic hydroxyl groups excluding tert-OH is 1. The summed E-state index contributed by atoms with van der Waals surface area (Å²) in [5.74, 6) is 0. The zero-order valence-electron chi connectivity index (χ0n) is 8.83. The number of nitrogens with zero attached hydrogens (tertiary/aromatic N) is 2. The number of hydrogen-bond acceptors (Lipinski definition) is 5. The third-order valence-corrected chi connectivity index (χ3v) is 3.98. The molecule has 0 aliphatic heterocycles. The van der Waals surface area contributed by atoms with Crippen LogP contribution in [0.25, 0.3) is 0 Å². The molecule has 0 spiro atoms. The van der Waals surface area contributed by atoms with Gasteiger partial charge in [0, 0.05) is 4.90 Å².